The van der Waals surface area contributed by atoms with Crippen molar-refractivity contribution in [3.8, 4) is 0 Å². The molecule has 16 heavy (non-hydrogen) atoms. The van der Waals surface area contributed by atoms with E-state index in [1.807, 2.05) is 0 Å². The highest BCUT2D eigenvalue weighted by molar-refractivity contribution is 5.72. The van der Waals surface area contributed by atoms with E-state index in [2.05, 4.69) is 27.7 Å². The van der Waals surface area contributed by atoms with Gasteiger partial charge in [0.05, 0.1) is 5.92 Å². The number of hydrogen-bond acceptors (Lipinski definition) is 2. The number of hydrogen-bond donors (Lipinski definition) is 0. The minimum absolute atomic E-state index is 0.0482. The average molecular weight is 226 g/mol. The lowest BCUT2D eigenvalue weighted by Gasteiger charge is -2.28. The fourth-order valence-corrected chi connectivity index (χ4v) is 2.61. The second-order valence-electron chi connectivity index (χ2n) is 5.72. The summed E-state index contributed by atoms with van der Waals surface area (Å²) in [6.45, 7) is 8.50. The van der Waals surface area contributed by atoms with Crippen LogP contribution in [0.15, 0.2) is 0 Å². The van der Waals surface area contributed by atoms with Crippen LogP contribution in [0.3, 0.4) is 0 Å². The Balaban J connectivity index is 2.47. The van der Waals surface area contributed by atoms with Gasteiger partial charge in [-0.15, -0.1) is 0 Å². The lowest BCUT2D eigenvalue weighted by Crippen LogP contribution is -2.32. The van der Waals surface area contributed by atoms with Crippen molar-refractivity contribution < 1.29 is 9.53 Å². The van der Waals surface area contributed by atoms with Gasteiger partial charge in [0.15, 0.2) is 0 Å². The Kier molecular flexibility index (Phi) is 5.30. The summed E-state index contributed by atoms with van der Waals surface area (Å²) in [5.41, 5.74) is 0. The standard InChI is InChI=1S/C14H26O2/c1-10(2)13(11(3)4)16-14(15)12-8-6-5-7-9-12/h10-13H,5-9H2,1-4H3. The largest absolute Gasteiger partial charge is 0.462 e. The molecule has 0 bridgehead atoms. The molecule has 0 amide bonds. The lowest BCUT2D eigenvalue weighted by atomic mass is 9.89. The number of esters is 1. The van der Waals surface area contributed by atoms with Gasteiger partial charge in [0.25, 0.3) is 0 Å². The molecule has 0 aromatic heterocycles. The minimum Gasteiger partial charge on any atom is -0.462 e. The summed E-state index contributed by atoms with van der Waals surface area (Å²) in [6, 6.07) is 0. The molecule has 0 unspecified atom stereocenters. The van der Waals surface area contributed by atoms with Crippen LogP contribution in [0.4, 0.5) is 0 Å². The smallest absolute Gasteiger partial charge is 0.309 e. The Morgan fingerprint density at radius 3 is 1.94 bits per heavy atom. The highest BCUT2D eigenvalue weighted by Crippen LogP contribution is 2.26. The molecule has 1 aliphatic carbocycles. The van der Waals surface area contributed by atoms with E-state index in [-0.39, 0.29) is 18.0 Å². The fraction of sp³-hybridized carbons (Fsp3) is 0.929. The summed E-state index contributed by atoms with van der Waals surface area (Å²) in [6.07, 6.45) is 5.79. The number of rotatable bonds is 4. The summed E-state index contributed by atoms with van der Waals surface area (Å²) in [5.74, 6) is 1.04. The van der Waals surface area contributed by atoms with Crippen molar-refractivity contribution in [3.63, 3.8) is 0 Å². The van der Waals surface area contributed by atoms with Crippen LogP contribution in [-0.4, -0.2) is 12.1 Å². The third-order valence-electron chi connectivity index (χ3n) is 3.50. The predicted octanol–water partition coefficient (Wildman–Crippen LogP) is 3.79. The highest BCUT2D eigenvalue weighted by Gasteiger charge is 2.27. The lowest BCUT2D eigenvalue weighted by molar-refractivity contribution is -0.160. The van der Waals surface area contributed by atoms with Gasteiger partial charge in [-0.3, -0.25) is 4.79 Å². The van der Waals surface area contributed by atoms with Crippen molar-refractivity contribution in [2.75, 3.05) is 0 Å². The van der Waals surface area contributed by atoms with Crippen LogP contribution >= 0.6 is 0 Å². The zero-order valence-electron chi connectivity index (χ0n) is 11.2. The van der Waals surface area contributed by atoms with Gasteiger partial charge in [-0.25, -0.2) is 0 Å². The molecule has 0 aliphatic heterocycles. The van der Waals surface area contributed by atoms with Crippen molar-refractivity contribution in [1.29, 1.82) is 0 Å². The molecule has 0 heterocycles. The van der Waals surface area contributed by atoms with Gasteiger partial charge in [0.1, 0.15) is 6.10 Å². The van der Waals surface area contributed by atoms with Crippen LogP contribution in [0, 0.1) is 17.8 Å². The third-order valence-corrected chi connectivity index (χ3v) is 3.50. The van der Waals surface area contributed by atoms with E-state index < -0.39 is 0 Å². The molecular formula is C14H26O2. The summed E-state index contributed by atoms with van der Waals surface area (Å²) in [7, 11) is 0. The average Bonchev–Trinajstić information content (AvgIpc) is 2.25. The number of ether oxygens (including phenoxy) is 1. The summed E-state index contributed by atoms with van der Waals surface area (Å²) < 4.78 is 5.67. The molecule has 0 atom stereocenters. The molecule has 1 rings (SSSR count). The first-order valence-electron chi connectivity index (χ1n) is 6.73. The van der Waals surface area contributed by atoms with Crippen LogP contribution < -0.4 is 0 Å². The highest BCUT2D eigenvalue weighted by atomic mass is 16.5. The molecule has 0 N–H and O–H groups in total. The Morgan fingerprint density at radius 1 is 1.00 bits per heavy atom. The molecule has 0 aromatic rings. The Labute approximate surface area is 99.8 Å². The number of carbonyl (C=O) groups excluding carboxylic acids is 1. The summed E-state index contributed by atoms with van der Waals surface area (Å²) in [4.78, 5) is 12.0. The third kappa shape index (κ3) is 3.80. The number of carbonyl (C=O) groups is 1. The molecule has 0 aromatic carbocycles. The van der Waals surface area contributed by atoms with Crippen LogP contribution in [0.2, 0.25) is 0 Å². The maximum Gasteiger partial charge on any atom is 0.309 e. The van der Waals surface area contributed by atoms with Gasteiger partial charge in [0, 0.05) is 0 Å². The minimum atomic E-state index is 0.0482. The molecule has 0 saturated heterocycles. The van der Waals surface area contributed by atoms with Crippen LogP contribution in [0.1, 0.15) is 59.8 Å². The van der Waals surface area contributed by atoms with E-state index >= 15 is 0 Å². The Morgan fingerprint density at radius 2 is 1.50 bits per heavy atom. The maximum atomic E-state index is 12.0. The van der Waals surface area contributed by atoms with Gasteiger partial charge in [-0.2, -0.15) is 0 Å². The van der Waals surface area contributed by atoms with Gasteiger partial charge >= 0.3 is 5.97 Å². The van der Waals surface area contributed by atoms with Gasteiger partial charge in [0.2, 0.25) is 0 Å². The van der Waals surface area contributed by atoms with Crippen molar-refractivity contribution in [3.05, 3.63) is 0 Å². The van der Waals surface area contributed by atoms with E-state index in [1.54, 1.807) is 0 Å². The Hall–Kier alpha value is -0.530. The normalized spacial score (nSPS) is 18.4. The topological polar surface area (TPSA) is 26.3 Å². The van der Waals surface area contributed by atoms with Crippen LogP contribution in [-0.2, 0) is 9.53 Å². The van der Waals surface area contributed by atoms with Crippen molar-refractivity contribution in [2.45, 2.75) is 65.9 Å². The first-order valence-corrected chi connectivity index (χ1v) is 6.73. The first kappa shape index (κ1) is 13.5. The molecule has 1 saturated carbocycles. The van der Waals surface area contributed by atoms with Crippen molar-refractivity contribution in [2.24, 2.45) is 17.8 Å². The van der Waals surface area contributed by atoms with Gasteiger partial charge in [-0.05, 0) is 24.7 Å². The summed E-state index contributed by atoms with van der Waals surface area (Å²) >= 11 is 0. The zero-order valence-corrected chi connectivity index (χ0v) is 11.2. The van der Waals surface area contributed by atoms with Crippen molar-refractivity contribution >= 4 is 5.97 Å². The molecular weight excluding hydrogens is 200 g/mol. The molecule has 0 spiro atoms. The molecule has 2 nitrogen and oxygen atoms in total. The molecule has 1 aliphatic rings. The van der Waals surface area contributed by atoms with Gasteiger partial charge in [-0.1, -0.05) is 47.0 Å². The van der Waals surface area contributed by atoms with E-state index in [1.165, 1.54) is 19.3 Å². The van der Waals surface area contributed by atoms with Crippen molar-refractivity contribution in [1.82, 2.24) is 0 Å². The SMILES string of the molecule is CC(C)C(OC(=O)C1CCCCC1)C(C)C. The molecule has 94 valence electrons. The fourth-order valence-electron chi connectivity index (χ4n) is 2.61. The monoisotopic (exact) mass is 226 g/mol. The first-order chi connectivity index (χ1) is 7.52. The van der Waals surface area contributed by atoms with E-state index in [0.717, 1.165) is 12.8 Å². The molecule has 2 heteroatoms. The maximum absolute atomic E-state index is 12.0. The quantitative estimate of drug-likeness (QED) is 0.682. The second kappa shape index (κ2) is 6.27. The van der Waals surface area contributed by atoms with E-state index in [0.29, 0.717) is 11.8 Å². The second-order valence-corrected chi connectivity index (χ2v) is 5.72. The molecule has 1 fully saturated rings. The predicted molar refractivity (Wildman–Crippen MR) is 66.1 cm³/mol. The zero-order chi connectivity index (χ0) is 12.1. The van der Waals surface area contributed by atoms with Crippen LogP contribution in [0.5, 0.6) is 0 Å². The Bertz CT molecular complexity index is 207. The van der Waals surface area contributed by atoms with E-state index in [9.17, 15) is 4.79 Å². The summed E-state index contributed by atoms with van der Waals surface area (Å²) in [5, 5.41) is 0. The van der Waals surface area contributed by atoms with E-state index in [4.69, 9.17) is 4.74 Å². The van der Waals surface area contributed by atoms with Gasteiger partial charge < -0.3 is 4.74 Å². The molecule has 0 radical (unpaired) electrons. The van der Waals surface area contributed by atoms with Crippen LogP contribution in [0.25, 0.3) is 0 Å².